The topological polar surface area (TPSA) is 6.48 Å². The van der Waals surface area contributed by atoms with Crippen LogP contribution in [-0.4, -0.2) is 0 Å². The Hall–Kier alpha value is -10.7. The molecule has 0 saturated carbocycles. The van der Waals surface area contributed by atoms with Crippen LogP contribution in [0.5, 0.6) is 0 Å². The minimum atomic E-state index is -2.33. The Balaban J connectivity index is 0.919. The second kappa shape index (κ2) is 23.1. The van der Waals surface area contributed by atoms with Gasteiger partial charge in [0.2, 0.25) is 11.6 Å². The van der Waals surface area contributed by atoms with Crippen LogP contribution in [0.25, 0.3) is 39.5 Å². The third kappa shape index (κ3) is 9.15. The summed E-state index contributed by atoms with van der Waals surface area (Å²) < 4.78 is 159. The fraction of sp³-hybridized carbons (Fsp3) is 0.0976. The molecule has 0 aliphatic heterocycles. The first-order valence-electron chi connectivity index (χ1n) is 30.6. The Morgan fingerprint density at radius 1 is 0.383 bits per heavy atom. The number of aryl methyl sites for hydroxylation is 4. The van der Waals surface area contributed by atoms with Crippen LogP contribution in [0.4, 0.5) is 78.0 Å². The lowest BCUT2D eigenvalue weighted by atomic mass is 9.64. The van der Waals surface area contributed by atoms with E-state index in [-0.39, 0.29) is 28.7 Å². The lowest BCUT2D eigenvalue weighted by Gasteiger charge is -2.38. The molecule has 11 aromatic carbocycles. The van der Waals surface area contributed by atoms with Crippen LogP contribution in [0.15, 0.2) is 237 Å². The molecule has 12 heteroatoms. The van der Waals surface area contributed by atoms with Gasteiger partial charge < -0.3 is 9.80 Å². The SMILES string of the molecule is C=Cc1ccc(C2(c3cc(C)ccc3C)c3ccccc3-c3ccc(N(c4ccc(-c5ccc(N(c6ccc7c(c6)C(C6=CCC(C=C)C=C6)(c6cc(C)ccc6C)c6ccccc6-7)c6c(F)c(F)c(F)c(F)c6F)cc5)cc4)c4c(F)c(F)c(F)c(F)c4F)cc32)cc1. The minimum absolute atomic E-state index is 0.00758. The van der Waals surface area contributed by atoms with Crippen molar-refractivity contribution in [2.24, 2.45) is 5.92 Å². The average molecular weight is 1260 g/mol. The molecule has 3 aliphatic carbocycles. The van der Waals surface area contributed by atoms with Crippen molar-refractivity contribution in [2.75, 3.05) is 9.80 Å². The minimum Gasteiger partial charge on any atom is -0.305 e. The van der Waals surface area contributed by atoms with Gasteiger partial charge in [0, 0.05) is 22.7 Å². The van der Waals surface area contributed by atoms with E-state index in [0.29, 0.717) is 28.7 Å². The molecular weight excluding hydrogens is 1200 g/mol. The summed E-state index contributed by atoms with van der Waals surface area (Å²) in [5.41, 5.74) is 11.1. The van der Waals surface area contributed by atoms with Crippen molar-refractivity contribution in [1.29, 1.82) is 0 Å². The first-order chi connectivity index (χ1) is 45.3. The van der Waals surface area contributed by atoms with Gasteiger partial charge in [0.05, 0.1) is 10.8 Å². The van der Waals surface area contributed by atoms with Crippen LogP contribution in [0.1, 0.15) is 73.2 Å². The van der Waals surface area contributed by atoms with Gasteiger partial charge in [-0.05, 0) is 183 Å². The molecule has 0 radical (unpaired) electrons. The van der Waals surface area contributed by atoms with E-state index in [1.54, 1.807) is 66.7 Å². The zero-order valence-electron chi connectivity index (χ0n) is 51.2. The van der Waals surface area contributed by atoms with Gasteiger partial charge in [0.1, 0.15) is 11.4 Å². The Morgan fingerprint density at radius 3 is 1.20 bits per heavy atom. The van der Waals surface area contributed by atoms with Crippen molar-refractivity contribution in [2.45, 2.75) is 44.9 Å². The maximum absolute atomic E-state index is 16.7. The van der Waals surface area contributed by atoms with Crippen molar-refractivity contribution < 1.29 is 43.9 Å². The molecule has 2 nitrogen and oxygen atoms in total. The van der Waals surface area contributed by atoms with Crippen LogP contribution < -0.4 is 9.80 Å². The molecule has 464 valence electrons. The van der Waals surface area contributed by atoms with Crippen LogP contribution in [-0.2, 0) is 10.8 Å². The summed E-state index contributed by atoms with van der Waals surface area (Å²) in [6.45, 7) is 16.0. The maximum Gasteiger partial charge on any atom is 0.200 e. The van der Waals surface area contributed by atoms with Gasteiger partial charge >= 0.3 is 0 Å². The van der Waals surface area contributed by atoms with Crippen LogP contribution in [0, 0.1) is 91.8 Å². The van der Waals surface area contributed by atoms with Gasteiger partial charge in [0.25, 0.3) is 0 Å². The highest BCUT2D eigenvalue weighted by atomic mass is 19.2. The summed E-state index contributed by atoms with van der Waals surface area (Å²) in [7, 11) is 0. The molecular formula is C82H56F10N2. The molecule has 0 heterocycles. The van der Waals surface area contributed by atoms with Gasteiger partial charge in [0.15, 0.2) is 46.5 Å². The molecule has 0 saturated heterocycles. The molecule has 14 rings (SSSR count). The van der Waals surface area contributed by atoms with Crippen LogP contribution in [0.3, 0.4) is 0 Å². The number of hydrogen-bond acceptors (Lipinski definition) is 2. The van der Waals surface area contributed by atoms with Crippen molar-refractivity contribution >= 4 is 40.2 Å². The van der Waals surface area contributed by atoms with Crippen molar-refractivity contribution in [3.05, 3.63) is 362 Å². The van der Waals surface area contributed by atoms with Crippen molar-refractivity contribution in [1.82, 2.24) is 0 Å². The largest absolute Gasteiger partial charge is 0.305 e. The second-order valence-corrected chi connectivity index (χ2v) is 24.3. The average Bonchev–Trinajstić information content (AvgIpc) is 1.48. The molecule has 3 atom stereocenters. The third-order valence-corrected chi connectivity index (χ3v) is 19.0. The summed E-state index contributed by atoms with van der Waals surface area (Å²) in [6, 6.07) is 58.2. The van der Waals surface area contributed by atoms with E-state index in [0.717, 1.165) is 93.3 Å². The van der Waals surface area contributed by atoms with Crippen molar-refractivity contribution in [3.63, 3.8) is 0 Å². The lowest BCUT2D eigenvalue weighted by molar-refractivity contribution is 0.380. The van der Waals surface area contributed by atoms with E-state index in [9.17, 15) is 0 Å². The molecule has 0 aromatic heterocycles. The number of anilines is 6. The van der Waals surface area contributed by atoms with E-state index in [1.165, 1.54) is 24.3 Å². The Labute approximate surface area is 537 Å². The van der Waals surface area contributed by atoms with E-state index < -0.39 is 80.4 Å². The summed E-state index contributed by atoms with van der Waals surface area (Å²) in [5, 5.41) is 0. The highest BCUT2D eigenvalue weighted by Gasteiger charge is 2.50. The van der Waals surface area contributed by atoms with Gasteiger partial charge in [-0.15, -0.1) is 6.58 Å². The van der Waals surface area contributed by atoms with E-state index in [1.807, 2.05) is 131 Å². The number of halogens is 10. The van der Waals surface area contributed by atoms with E-state index in [4.69, 9.17) is 0 Å². The monoisotopic (exact) mass is 1260 g/mol. The summed E-state index contributed by atoms with van der Waals surface area (Å²) in [6.07, 6.45) is 10.5. The number of hydrogen-bond donors (Lipinski definition) is 0. The molecule has 94 heavy (non-hydrogen) atoms. The standard InChI is InChI=1S/C82H56F10N2/c1-7-49-21-29-53(30-22-49)81(65-41-45(3)17-19-47(65)5)63-15-11-9-13-59(63)61-39-37-57(43-67(61)81)93(79-75(89)71(85)69(83)72(86)76(79)90)55-33-25-51(26-34-55)52-27-35-56(36-28-52)94(80-77(91)73(87)70(84)74(88)78(80)92)58-38-40-62-60-14-10-12-16-64(60)82(68(62)44-58,54-31-23-50(8-2)24-32-54)66-42-46(4)18-20-48(66)6/h7-23,25-44,50H,1-2,24H2,3-6H3. The van der Waals surface area contributed by atoms with E-state index >= 15 is 43.9 Å². The smallest absolute Gasteiger partial charge is 0.200 e. The Bertz CT molecular complexity index is 4990. The van der Waals surface area contributed by atoms with Gasteiger partial charge in [-0.3, -0.25) is 0 Å². The molecule has 0 amide bonds. The highest BCUT2D eigenvalue weighted by molar-refractivity contribution is 5.93. The van der Waals surface area contributed by atoms with Gasteiger partial charge in [-0.25, -0.2) is 43.9 Å². The molecule has 3 unspecified atom stereocenters. The van der Waals surface area contributed by atoms with Gasteiger partial charge in [-0.2, -0.15) is 0 Å². The summed E-state index contributed by atoms with van der Waals surface area (Å²) >= 11 is 0. The Kier molecular flexibility index (Phi) is 15.0. The summed E-state index contributed by atoms with van der Waals surface area (Å²) in [5.74, 6) is -21.5. The highest BCUT2D eigenvalue weighted by Crippen LogP contribution is 2.61. The van der Waals surface area contributed by atoms with E-state index in [2.05, 4.69) is 43.5 Å². The number of nitrogens with zero attached hydrogens (tertiary/aromatic N) is 2. The number of rotatable bonds is 13. The first kappa shape index (κ1) is 60.8. The summed E-state index contributed by atoms with van der Waals surface area (Å²) in [4.78, 5) is 1.99. The van der Waals surface area contributed by atoms with Crippen LogP contribution in [0.2, 0.25) is 0 Å². The molecule has 0 fully saturated rings. The molecule has 3 aliphatic rings. The lowest BCUT2D eigenvalue weighted by Crippen LogP contribution is -2.31. The molecule has 0 N–H and O–H groups in total. The third-order valence-electron chi connectivity index (χ3n) is 19.0. The fourth-order valence-electron chi connectivity index (χ4n) is 14.6. The zero-order chi connectivity index (χ0) is 65.8. The maximum atomic E-state index is 16.7. The second-order valence-electron chi connectivity index (χ2n) is 24.3. The predicted molar refractivity (Wildman–Crippen MR) is 354 cm³/mol. The number of allylic oxidation sites excluding steroid dienone is 5. The van der Waals surface area contributed by atoms with Crippen LogP contribution >= 0.6 is 0 Å². The normalized spacial score (nSPS) is 16.7. The molecule has 0 bridgehead atoms. The van der Waals surface area contributed by atoms with Gasteiger partial charge in [-0.1, -0.05) is 194 Å². The zero-order valence-corrected chi connectivity index (χ0v) is 51.2. The first-order valence-corrected chi connectivity index (χ1v) is 30.6. The quantitative estimate of drug-likeness (QED) is 0.0491. The fourth-order valence-corrected chi connectivity index (χ4v) is 14.6. The number of benzene rings is 11. The molecule has 11 aromatic rings. The van der Waals surface area contributed by atoms with Crippen molar-refractivity contribution in [3.8, 4) is 33.4 Å². The number of fused-ring (bicyclic) bond motifs is 6. The predicted octanol–water partition coefficient (Wildman–Crippen LogP) is 22.9. The Morgan fingerprint density at radius 2 is 0.777 bits per heavy atom. The molecule has 0 spiro atoms.